The van der Waals surface area contributed by atoms with Crippen LogP contribution in [0.2, 0.25) is 0 Å². The maximum absolute atomic E-state index is 4.42. The molecule has 0 aliphatic rings. The van der Waals surface area contributed by atoms with E-state index in [1.807, 2.05) is 18.0 Å². The van der Waals surface area contributed by atoms with Crippen LogP contribution in [0.15, 0.2) is 23.4 Å². The van der Waals surface area contributed by atoms with Crippen molar-refractivity contribution in [1.29, 1.82) is 0 Å². The van der Waals surface area contributed by atoms with Gasteiger partial charge in [0, 0.05) is 17.0 Å². The molecule has 0 radical (unpaired) electrons. The molecule has 2 nitrogen and oxygen atoms in total. The van der Waals surface area contributed by atoms with E-state index < -0.39 is 0 Å². The van der Waals surface area contributed by atoms with E-state index in [0.717, 1.165) is 11.6 Å². The lowest BCUT2D eigenvalue weighted by Gasteiger charge is -2.18. The van der Waals surface area contributed by atoms with Crippen LogP contribution in [0.5, 0.6) is 0 Å². The standard InChI is InChI=1S/C14H24N2S/c1-6-8-15-11(2)12-7-9-16-13(10-12)17-14(3,4)5/h7,9-11,15H,6,8H2,1-5H3. The van der Waals surface area contributed by atoms with Gasteiger partial charge in [-0.3, -0.25) is 0 Å². The lowest BCUT2D eigenvalue weighted by molar-refractivity contribution is 0.569. The third-order valence-corrected chi connectivity index (χ3v) is 3.41. The summed E-state index contributed by atoms with van der Waals surface area (Å²) >= 11 is 1.82. The third kappa shape index (κ3) is 5.55. The molecule has 0 spiro atoms. The Morgan fingerprint density at radius 3 is 2.71 bits per heavy atom. The van der Waals surface area contributed by atoms with Crippen LogP contribution in [0.1, 0.15) is 52.6 Å². The summed E-state index contributed by atoms with van der Waals surface area (Å²) in [5.41, 5.74) is 1.32. The van der Waals surface area contributed by atoms with Crippen LogP contribution in [0.4, 0.5) is 0 Å². The number of nitrogens with one attached hydrogen (secondary N) is 1. The highest BCUT2D eigenvalue weighted by Crippen LogP contribution is 2.31. The van der Waals surface area contributed by atoms with E-state index in [1.165, 1.54) is 12.0 Å². The fraction of sp³-hybridized carbons (Fsp3) is 0.643. The highest BCUT2D eigenvalue weighted by molar-refractivity contribution is 8.00. The van der Waals surface area contributed by atoms with Gasteiger partial charge in [-0.05, 0) is 37.6 Å². The molecule has 0 saturated heterocycles. The maximum Gasteiger partial charge on any atom is 0.0968 e. The van der Waals surface area contributed by atoms with Gasteiger partial charge in [-0.15, -0.1) is 11.8 Å². The molecule has 0 bridgehead atoms. The van der Waals surface area contributed by atoms with E-state index in [0.29, 0.717) is 6.04 Å². The molecule has 1 unspecified atom stereocenters. The summed E-state index contributed by atoms with van der Waals surface area (Å²) < 4.78 is 0.214. The predicted octanol–water partition coefficient (Wildman–Crippen LogP) is 4.03. The van der Waals surface area contributed by atoms with Crippen molar-refractivity contribution < 1.29 is 0 Å². The van der Waals surface area contributed by atoms with Crippen molar-refractivity contribution in [2.75, 3.05) is 6.54 Å². The van der Waals surface area contributed by atoms with Crippen LogP contribution in [-0.4, -0.2) is 16.3 Å². The van der Waals surface area contributed by atoms with Crippen molar-refractivity contribution in [3.05, 3.63) is 23.9 Å². The second kappa shape index (κ2) is 6.41. The highest BCUT2D eigenvalue weighted by Gasteiger charge is 2.14. The van der Waals surface area contributed by atoms with Crippen molar-refractivity contribution in [1.82, 2.24) is 10.3 Å². The molecular weight excluding hydrogens is 228 g/mol. The number of hydrogen-bond donors (Lipinski definition) is 1. The van der Waals surface area contributed by atoms with Gasteiger partial charge in [0.15, 0.2) is 0 Å². The summed E-state index contributed by atoms with van der Waals surface area (Å²) in [5, 5.41) is 4.61. The Kier molecular flexibility index (Phi) is 5.47. The number of hydrogen-bond acceptors (Lipinski definition) is 3. The van der Waals surface area contributed by atoms with Gasteiger partial charge in [-0.1, -0.05) is 27.7 Å². The predicted molar refractivity (Wildman–Crippen MR) is 76.6 cm³/mol. The molecular formula is C14H24N2S. The minimum Gasteiger partial charge on any atom is -0.310 e. The maximum atomic E-state index is 4.42. The van der Waals surface area contributed by atoms with Gasteiger partial charge in [0.25, 0.3) is 0 Å². The van der Waals surface area contributed by atoms with E-state index >= 15 is 0 Å². The molecule has 1 atom stereocenters. The van der Waals surface area contributed by atoms with Crippen molar-refractivity contribution in [2.45, 2.75) is 56.9 Å². The molecule has 1 aromatic rings. The zero-order chi connectivity index (χ0) is 12.9. The molecule has 3 heteroatoms. The summed E-state index contributed by atoms with van der Waals surface area (Å²) in [7, 11) is 0. The SMILES string of the molecule is CCCNC(C)c1ccnc(SC(C)(C)C)c1. The molecule has 0 amide bonds. The molecule has 1 heterocycles. The zero-order valence-corrected chi connectivity index (χ0v) is 12.4. The second-order valence-corrected chi connectivity index (χ2v) is 7.16. The average molecular weight is 252 g/mol. The van der Waals surface area contributed by atoms with Gasteiger partial charge in [-0.2, -0.15) is 0 Å². The summed E-state index contributed by atoms with van der Waals surface area (Å²) in [6.45, 7) is 12.1. The summed E-state index contributed by atoms with van der Waals surface area (Å²) in [4.78, 5) is 4.42. The number of pyridine rings is 1. The van der Waals surface area contributed by atoms with E-state index in [1.54, 1.807) is 0 Å². The number of aromatic nitrogens is 1. The number of nitrogens with zero attached hydrogens (tertiary/aromatic N) is 1. The lowest BCUT2D eigenvalue weighted by atomic mass is 10.1. The van der Waals surface area contributed by atoms with Crippen LogP contribution in [0.3, 0.4) is 0 Å². The molecule has 0 saturated carbocycles. The average Bonchev–Trinajstić information content (AvgIpc) is 2.24. The topological polar surface area (TPSA) is 24.9 Å². The van der Waals surface area contributed by atoms with Crippen LogP contribution in [0.25, 0.3) is 0 Å². The van der Waals surface area contributed by atoms with Crippen molar-refractivity contribution in [3.8, 4) is 0 Å². The molecule has 0 aliphatic heterocycles. The highest BCUT2D eigenvalue weighted by atomic mass is 32.2. The van der Waals surface area contributed by atoms with Crippen LogP contribution >= 0.6 is 11.8 Å². The first-order valence-electron chi connectivity index (χ1n) is 6.30. The Morgan fingerprint density at radius 2 is 2.12 bits per heavy atom. The Hall–Kier alpha value is -0.540. The van der Waals surface area contributed by atoms with Crippen molar-refractivity contribution in [2.24, 2.45) is 0 Å². The Bertz CT molecular complexity index is 344. The minimum absolute atomic E-state index is 0.214. The van der Waals surface area contributed by atoms with Crippen LogP contribution in [0, 0.1) is 0 Å². The molecule has 0 aromatic carbocycles. The molecule has 0 fully saturated rings. The van der Waals surface area contributed by atoms with Gasteiger partial charge >= 0.3 is 0 Å². The van der Waals surface area contributed by atoms with E-state index in [2.05, 4.69) is 57.1 Å². The first-order valence-corrected chi connectivity index (χ1v) is 7.12. The second-order valence-electron chi connectivity index (χ2n) is 5.32. The number of rotatable bonds is 5. The van der Waals surface area contributed by atoms with Gasteiger partial charge in [-0.25, -0.2) is 4.98 Å². The molecule has 1 aromatic heterocycles. The quantitative estimate of drug-likeness (QED) is 0.801. The van der Waals surface area contributed by atoms with E-state index in [9.17, 15) is 0 Å². The van der Waals surface area contributed by atoms with E-state index in [-0.39, 0.29) is 4.75 Å². The lowest BCUT2D eigenvalue weighted by Crippen LogP contribution is -2.19. The Balaban J connectivity index is 2.71. The third-order valence-electron chi connectivity index (χ3n) is 2.37. The molecule has 0 aliphatic carbocycles. The smallest absolute Gasteiger partial charge is 0.0968 e. The monoisotopic (exact) mass is 252 g/mol. The number of thioether (sulfide) groups is 1. The molecule has 1 N–H and O–H groups in total. The van der Waals surface area contributed by atoms with Crippen molar-refractivity contribution >= 4 is 11.8 Å². The first-order chi connectivity index (χ1) is 7.92. The fourth-order valence-corrected chi connectivity index (χ4v) is 2.48. The van der Waals surface area contributed by atoms with Crippen LogP contribution < -0.4 is 5.32 Å². The minimum atomic E-state index is 0.214. The van der Waals surface area contributed by atoms with Crippen molar-refractivity contribution in [3.63, 3.8) is 0 Å². The normalized spacial score (nSPS) is 13.7. The largest absolute Gasteiger partial charge is 0.310 e. The molecule has 96 valence electrons. The Morgan fingerprint density at radius 1 is 1.41 bits per heavy atom. The van der Waals surface area contributed by atoms with Crippen LogP contribution in [-0.2, 0) is 0 Å². The van der Waals surface area contributed by atoms with Gasteiger partial charge < -0.3 is 5.32 Å². The summed E-state index contributed by atoms with van der Waals surface area (Å²) in [5.74, 6) is 0. The summed E-state index contributed by atoms with van der Waals surface area (Å²) in [6.07, 6.45) is 3.08. The van der Waals surface area contributed by atoms with E-state index in [4.69, 9.17) is 0 Å². The zero-order valence-electron chi connectivity index (χ0n) is 11.6. The van der Waals surface area contributed by atoms with Gasteiger partial charge in [0.05, 0.1) is 5.03 Å². The Labute approximate surface area is 110 Å². The van der Waals surface area contributed by atoms with Gasteiger partial charge in [0.1, 0.15) is 0 Å². The fourth-order valence-electron chi connectivity index (χ4n) is 1.54. The first kappa shape index (κ1) is 14.5. The van der Waals surface area contributed by atoms with Gasteiger partial charge in [0.2, 0.25) is 0 Å². The summed E-state index contributed by atoms with van der Waals surface area (Å²) in [6, 6.07) is 4.70. The molecule has 17 heavy (non-hydrogen) atoms. The molecule has 1 rings (SSSR count).